The van der Waals surface area contributed by atoms with E-state index < -0.39 is 11.4 Å². The number of hydrogen-bond donors (Lipinski definition) is 2. The molecule has 1 aliphatic rings. The van der Waals surface area contributed by atoms with Crippen LogP contribution < -0.4 is 10.5 Å². The second-order valence-electron chi connectivity index (χ2n) is 5.55. The predicted octanol–water partition coefficient (Wildman–Crippen LogP) is 2.92. The monoisotopic (exact) mass is 267 g/mol. The molecule has 19 heavy (non-hydrogen) atoms. The zero-order valence-electron chi connectivity index (χ0n) is 11.4. The average molecular weight is 267 g/mol. The van der Waals surface area contributed by atoms with E-state index in [4.69, 9.17) is 10.5 Å². The van der Waals surface area contributed by atoms with E-state index in [2.05, 4.69) is 0 Å². The van der Waals surface area contributed by atoms with Crippen LogP contribution in [0.5, 0.6) is 5.75 Å². The Morgan fingerprint density at radius 1 is 1.37 bits per heavy atom. The van der Waals surface area contributed by atoms with Crippen LogP contribution in [0.4, 0.5) is 4.39 Å². The van der Waals surface area contributed by atoms with Crippen LogP contribution in [0.25, 0.3) is 0 Å². The molecule has 1 fully saturated rings. The van der Waals surface area contributed by atoms with Crippen LogP contribution in [0.2, 0.25) is 0 Å². The maximum Gasteiger partial charge on any atom is 0.165 e. The van der Waals surface area contributed by atoms with E-state index >= 15 is 0 Å². The highest BCUT2D eigenvalue weighted by atomic mass is 19.1. The van der Waals surface area contributed by atoms with Gasteiger partial charge in [0, 0.05) is 6.04 Å². The average Bonchev–Trinajstić information content (AvgIpc) is 2.38. The van der Waals surface area contributed by atoms with Crippen LogP contribution in [0, 0.1) is 5.82 Å². The minimum Gasteiger partial charge on any atom is -0.488 e. The second kappa shape index (κ2) is 5.88. The van der Waals surface area contributed by atoms with Crippen molar-refractivity contribution >= 4 is 0 Å². The minimum atomic E-state index is -0.801. The SMILES string of the molecule is C[C@H](N)c1ccc(OCC2(O)CCCCC2)c(F)c1. The third-order valence-corrected chi connectivity index (χ3v) is 3.76. The molecule has 0 aromatic heterocycles. The third kappa shape index (κ3) is 3.67. The van der Waals surface area contributed by atoms with E-state index in [1.54, 1.807) is 19.1 Å². The van der Waals surface area contributed by atoms with Crippen LogP contribution in [0.1, 0.15) is 50.6 Å². The molecule has 0 radical (unpaired) electrons. The third-order valence-electron chi connectivity index (χ3n) is 3.76. The summed E-state index contributed by atoms with van der Waals surface area (Å²) in [5.74, 6) is -0.238. The Hall–Kier alpha value is -1.13. The van der Waals surface area contributed by atoms with Gasteiger partial charge in [-0.05, 0) is 37.5 Å². The number of nitrogens with two attached hydrogens (primary N) is 1. The highest BCUT2D eigenvalue weighted by molar-refractivity contribution is 5.30. The van der Waals surface area contributed by atoms with Crippen molar-refractivity contribution in [2.24, 2.45) is 5.73 Å². The molecule has 1 atom stereocenters. The Labute approximate surface area is 113 Å². The Bertz CT molecular complexity index is 428. The molecule has 1 saturated carbocycles. The molecule has 1 aliphatic carbocycles. The summed E-state index contributed by atoms with van der Waals surface area (Å²) in [5, 5.41) is 10.3. The molecule has 1 aromatic rings. The first-order valence-corrected chi connectivity index (χ1v) is 6.90. The lowest BCUT2D eigenvalue weighted by Crippen LogP contribution is -2.38. The molecule has 0 bridgehead atoms. The van der Waals surface area contributed by atoms with E-state index in [0.29, 0.717) is 0 Å². The zero-order chi connectivity index (χ0) is 13.9. The fourth-order valence-electron chi connectivity index (χ4n) is 2.48. The lowest BCUT2D eigenvalue weighted by Gasteiger charge is -2.31. The smallest absolute Gasteiger partial charge is 0.165 e. The Morgan fingerprint density at radius 2 is 2.05 bits per heavy atom. The van der Waals surface area contributed by atoms with Crippen LogP contribution in [0.3, 0.4) is 0 Å². The van der Waals surface area contributed by atoms with Gasteiger partial charge >= 0.3 is 0 Å². The van der Waals surface area contributed by atoms with E-state index in [1.807, 2.05) is 0 Å². The summed E-state index contributed by atoms with van der Waals surface area (Å²) in [7, 11) is 0. The second-order valence-corrected chi connectivity index (χ2v) is 5.55. The van der Waals surface area contributed by atoms with Crippen LogP contribution in [0.15, 0.2) is 18.2 Å². The van der Waals surface area contributed by atoms with Gasteiger partial charge in [0.25, 0.3) is 0 Å². The first kappa shape index (κ1) is 14.3. The molecule has 0 spiro atoms. The molecule has 0 aliphatic heterocycles. The Kier molecular flexibility index (Phi) is 4.42. The predicted molar refractivity (Wildman–Crippen MR) is 72.5 cm³/mol. The Balaban J connectivity index is 1.99. The highest BCUT2D eigenvalue weighted by Gasteiger charge is 2.30. The molecular formula is C15H22FNO2. The molecule has 2 rings (SSSR count). The molecule has 4 heteroatoms. The van der Waals surface area contributed by atoms with Crippen molar-refractivity contribution in [1.29, 1.82) is 0 Å². The van der Waals surface area contributed by atoms with Crippen molar-refractivity contribution in [2.75, 3.05) is 6.61 Å². The summed E-state index contributed by atoms with van der Waals surface area (Å²) in [6.45, 7) is 1.96. The molecule has 0 unspecified atom stereocenters. The molecule has 106 valence electrons. The fraction of sp³-hybridized carbons (Fsp3) is 0.600. The molecule has 0 saturated heterocycles. The topological polar surface area (TPSA) is 55.5 Å². The first-order chi connectivity index (χ1) is 9.00. The molecule has 3 N–H and O–H groups in total. The summed E-state index contributed by atoms with van der Waals surface area (Å²) in [5.41, 5.74) is 5.63. The highest BCUT2D eigenvalue weighted by Crippen LogP contribution is 2.29. The molecular weight excluding hydrogens is 245 g/mol. The van der Waals surface area contributed by atoms with Gasteiger partial charge in [-0.1, -0.05) is 25.3 Å². The van der Waals surface area contributed by atoms with Crippen LogP contribution >= 0.6 is 0 Å². The summed E-state index contributed by atoms with van der Waals surface area (Å²) in [6.07, 6.45) is 4.62. The van der Waals surface area contributed by atoms with Crippen molar-refractivity contribution in [1.82, 2.24) is 0 Å². The fourth-order valence-corrected chi connectivity index (χ4v) is 2.48. The van der Waals surface area contributed by atoms with E-state index in [0.717, 1.165) is 37.7 Å². The standard InChI is InChI=1S/C15H22FNO2/c1-11(17)12-5-6-14(13(16)9-12)19-10-15(18)7-3-2-4-8-15/h5-6,9,11,18H,2-4,7-8,10,17H2,1H3/t11-/m0/s1. The van der Waals surface area contributed by atoms with Gasteiger partial charge in [-0.25, -0.2) is 4.39 Å². The summed E-state index contributed by atoms with van der Waals surface area (Å²) < 4.78 is 19.3. The number of aliphatic hydroxyl groups is 1. The van der Waals surface area contributed by atoms with E-state index in [-0.39, 0.29) is 18.4 Å². The maximum atomic E-state index is 13.8. The number of benzene rings is 1. The summed E-state index contributed by atoms with van der Waals surface area (Å²) in [4.78, 5) is 0. The molecule has 3 nitrogen and oxygen atoms in total. The van der Waals surface area contributed by atoms with Gasteiger partial charge in [-0.15, -0.1) is 0 Å². The lowest BCUT2D eigenvalue weighted by molar-refractivity contribution is -0.0347. The zero-order valence-corrected chi connectivity index (χ0v) is 11.4. The maximum absolute atomic E-state index is 13.8. The van der Waals surface area contributed by atoms with Crippen molar-refractivity contribution in [3.05, 3.63) is 29.6 Å². The van der Waals surface area contributed by atoms with Gasteiger partial charge in [0.05, 0.1) is 5.60 Å². The van der Waals surface area contributed by atoms with Gasteiger partial charge in [0.1, 0.15) is 6.61 Å². The van der Waals surface area contributed by atoms with Gasteiger partial charge in [-0.3, -0.25) is 0 Å². The van der Waals surface area contributed by atoms with Crippen molar-refractivity contribution < 1.29 is 14.2 Å². The number of halogens is 1. The minimum absolute atomic E-state index is 0.154. The normalized spacial score (nSPS) is 20.0. The van der Waals surface area contributed by atoms with Gasteiger partial charge in [0.15, 0.2) is 11.6 Å². The largest absolute Gasteiger partial charge is 0.488 e. The lowest BCUT2D eigenvalue weighted by atomic mass is 9.85. The first-order valence-electron chi connectivity index (χ1n) is 6.90. The number of ether oxygens (including phenoxy) is 1. The van der Waals surface area contributed by atoms with Crippen molar-refractivity contribution in [3.8, 4) is 5.75 Å². The van der Waals surface area contributed by atoms with E-state index in [9.17, 15) is 9.50 Å². The molecule has 0 heterocycles. The number of hydrogen-bond acceptors (Lipinski definition) is 3. The van der Waals surface area contributed by atoms with Crippen LogP contribution in [-0.4, -0.2) is 17.3 Å². The summed E-state index contributed by atoms with van der Waals surface area (Å²) in [6, 6.07) is 4.53. The Morgan fingerprint density at radius 3 is 2.63 bits per heavy atom. The van der Waals surface area contributed by atoms with Gasteiger partial charge < -0.3 is 15.6 Å². The van der Waals surface area contributed by atoms with E-state index in [1.165, 1.54) is 6.07 Å². The van der Waals surface area contributed by atoms with Crippen molar-refractivity contribution in [2.45, 2.75) is 50.7 Å². The summed E-state index contributed by atoms with van der Waals surface area (Å²) >= 11 is 0. The quantitative estimate of drug-likeness (QED) is 0.882. The molecule has 1 aromatic carbocycles. The van der Waals surface area contributed by atoms with Gasteiger partial charge in [0.2, 0.25) is 0 Å². The molecule has 0 amide bonds. The van der Waals surface area contributed by atoms with Crippen molar-refractivity contribution in [3.63, 3.8) is 0 Å². The number of rotatable bonds is 4. The van der Waals surface area contributed by atoms with Gasteiger partial charge in [-0.2, -0.15) is 0 Å². The van der Waals surface area contributed by atoms with Crippen LogP contribution in [-0.2, 0) is 0 Å².